The fourth-order valence-electron chi connectivity index (χ4n) is 3.32. The molecule has 1 saturated heterocycles. The first kappa shape index (κ1) is 19.3. The van der Waals surface area contributed by atoms with E-state index in [0.29, 0.717) is 18.8 Å². The summed E-state index contributed by atoms with van der Waals surface area (Å²) in [6, 6.07) is 12.8. The lowest BCUT2D eigenvalue weighted by molar-refractivity contribution is 0.0934. The summed E-state index contributed by atoms with van der Waals surface area (Å²) in [4.78, 5) is 14.4. The third-order valence-electron chi connectivity index (χ3n) is 4.81. The molecular weight excluding hydrogens is 364 g/mol. The summed E-state index contributed by atoms with van der Waals surface area (Å²) in [6.45, 7) is 4.49. The second-order valence-corrected chi connectivity index (χ2v) is 8.95. The summed E-state index contributed by atoms with van der Waals surface area (Å²) in [5, 5.41) is 11.1. The Morgan fingerprint density at radius 3 is 2.52 bits per heavy atom. The molecule has 0 bridgehead atoms. The van der Waals surface area contributed by atoms with Crippen molar-refractivity contribution in [1.82, 2.24) is 15.5 Å². The third kappa shape index (κ3) is 4.63. The van der Waals surface area contributed by atoms with Gasteiger partial charge in [-0.1, -0.05) is 30.3 Å². The van der Waals surface area contributed by atoms with Gasteiger partial charge in [-0.15, -0.1) is 10.2 Å². The van der Waals surface area contributed by atoms with Crippen LogP contribution in [0.1, 0.15) is 42.4 Å². The minimum absolute atomic E-state index is 0.0907. The molecule has 2 atom stereocenters. The standard InChI is InChI=1S/C19H24N4O3S/c1-3-23(16-11-12-27(25,26)13-16)18-10-9-17(21-22-18)19(24)20-14(2)15-7-5-4-6-8-15/h4-10,14,16H,3,11-13H2,1-2H3,(H,20,24). The highest BCUT2D eigenvalue weighted by Crippen LogP contribution is 2.22. The van der Waals surface area contributed by atoms with Crippen LogP contribution in [0, 0.1) is 0 Å². The van der Waals surface area contributed by atoms with Crippen molar-refractivity contribution >= 4 is 21.6 Å². The van der Waals surface area contributed by atoms with Crippen LogP contribution < -0.4 is 10.2 Å². The summed E-state index contributed by atoms with van der Waals surface area (Å²) in [6.07, 6.45) is 0.592. The van der Waals surface area contributed by atoms with Crippen LogP contribution in [0.5, 0.6) is 0 Å². The topological polar surface area (TPSA) is 92.3 Å². The van der Waals surface area contributed by atoms with Gasteiger partial charge in [-0.2, -0.15) is 0 Å². The van der Waals surface area contributed by atoms with E-state index in [1.807, 2.05) is 49.1 Å². The number of rotatable bonds is 6. The first-order valence-electron chi connectivity index (χ1n) is 9.06. The van der Waals surface area contributed by atoms with E-state index in [0.717, 1.165) is 5.56 Å². The van der Waals surface area contributed by atoms with Crippen LogP contribution in [0.4, 0.5) is 5.82 Å². The Labute approximate surface area is 159 Å². The van der Waals surface area contributed by atoms with Gasteiger partial charge in [-0.3, -0.25) is 4.79 Å². The van der Waals surface area contributed by atoms with E-state index in [1.165, 1.54) is 0 Å². The molecule has 0 radical (unpaired) electrons. The molecule has 144 valence electrons. The average Bonchev–Trinajstić information content (AvgIpc) is 3.03. The largest absolute Gasteiger partial charge is 0.351 e. The van der Waals surface area contributed by atoms with E-state index < -0.39 is 9.84 Å². The van der Waals surface area contributed by atoms with Gasteiger partial charge < -0.3 is 10.2 Å². The highest BCUT2D eigenvalue weighted by molar-refractivity contribution is 7.91. The van der Waals surface area contributed by atoms with Gasteiger partial charge >= 0.3 is 0 Å². The fraction of sp³-hybridized carbons (Fsp3) is 0.421. The van der Waals surface area contributed by atoms with Gasteiger partial charge in [0.05, 0.1) is 17.5 Å². The Bertz CT molecular complexity index is 885. The maximum atomic E-state index is 12.4. The molecule has 2 aromatic rings. The average molecular weight is 388 g/mol. The van der Waals surface area contributed by atoms with Crippen molar-refractivity contribution in [2.75, 3.05) is 23.0 Å². The van der Waals surface area contributed by atoms with E-state index >= 15 is 0 Å². The maximum Gasteiger partial charge on any atom is 0.272 e. The van der Waals surface area contributed by atoms with Crippen molar-refractivity contribution in [2.45, 2.75) is 32.4 Å². The number of anilines is 1. The quantitative estimate of drug-likeness (QED) is 0.813. The number of hydrogen-bond acceptors (Lipinski definition) is 6. The van der Waals surface area contributed by atoms with Gasteiger partial charge in [0.25, 0.3) is 5.91 Å². The highest BCUT2D eigenvalue weighted by atomic mass is 32.2. The van der Waals surface area contributed by atoms with Crippen LogP contribution in [0.2, 0.25) is 0 Å². The summed E-state index contributed by atoms with van der Waals surface area (Å²) < 4.78 is 23.5. The molecule has 1 aliphatic rings. The van der Waals surface area contributed by atoms with Gasteiger partial charge in [0.2, 0.25) is 0 Å². The van der Waals surface area contributed by atoms with E-state index in [2.05, 4.69) is 15.5 Å². The molecule has 0 aliphatic carbocycles. The minimum atomic E-state index is -2.97. The molecule has 1 N–H and O–H groups in total. The normalized spacial score (nSPS) is 19.4. The van der Waals surface area contributed by atoms with E-state index in [1.54, 1.807) is 12.1 Å². The molecule has 1 aliphatic heterocycles. The molecule has 1 fully saturated rings. The molecule has 2 heterocycles. The van der Waals surface area contributed by atoms with Crippen molar-refractivity contribution in [3.8, 4) is 0 Å². The molecule has 0 spiro atoms. The second kappa shape index (κ2) is 8.04. The lowest BCUT2D eigenvalue weighted by Crippen LogP contribution is -2.37. The van der Waals surface area contributed by atoms with Crippen LogP contribution in [0.25, 0.3) is 0 Å². The second-order valence-electron chi connectivity index (χ2n) is 6.73. The first-order valence-corrected chi connectivity index (χ1v) is 10.9. The Balaban J connectivity index is 1.68. The molecule has 0 saturated carbocycles. The molecule has 1 aromatic carbocycles. The number of aromatic nitrogens is 2. The van der Waals surface area contributed by atoms with Crippen LogP contribution in [0.3, 0.4) is 0 Å². The Kier molecular flexibility index (Phi) is 5.74. The number of benzene rings is 1. The number of sulfone groups is 1. The van der Waals surface area contributed by atoms with Crippen molar-refractivity contribution in [3.63, 3.8) is 0 Å². The molecule has 8 heteroatoms. The summed E-state index contributed by atoms with van der Waals surface area (Å²) in [7, 11) is -2.97. The van der Waals surface area contributed by atoms with Crippen molar-refractivity contribution < 1.29 is 13.2 Å². The smallest absolute Gasteiger partial charge is 0.272 e. The molecule has 7 nitrogen and oxygen atoms in total. The first-order chi connectivity index (χ1) is 12.9. The van der Waals surface area contributed by atoms with Crippen molar-refractivity contribution in [2.24, 2.45) is 0 Å². The SMILES string of the molecule is CCN(c1ccc(C(=O)NC(C)c2ccccc2)nn1)C1CCS(=O)(=O)C1. The number of amides is 1. The maximum absolute atomic E-state index is 12.4. The van der Waals surface area contributed by atoms with Gasteiger partial charge in [0.15, 0.2) is 21.3 Å². The van der Waals surface area contributed by atoms with Crippen LogP contribution in [-0.2, 0) is 9.84 Å². The lowest BCUT2D eigenvalue weighted by Gasteiger charge is -2.27. The van der Waals surface area contributed by atoms with Crippen LogP contribution in [-0.4, -0.2) is 48.6 Å². The summed E-state index contributed by atoms with van der Waals surface area (Å²) in [5.41, 5.74) is 1.24. The van der Waals surface area contributed by atoms with Gasteiger partial charge in [0.1, 0.15) is 0 Å². The number of carbonyl (C=O) groups excluding carboxylic acids is 1. The number of hydrogen-bond donors (Lipinski definition) is 1. The third-order valence-corrected chi connectivity index (χ3v) is 6.56. The van der Waals surface area contributed by atoms with Gasteiger partial charge in [-0.25, -0.2) is 8.42 Å². The van der Waals surface area contributed by atoms with E-state index in [9.17, 15) is 13.2 Å². The molecule has 1 amide bonds. The zero-order valence-corrected chi connectivity index (χ0v) is 16.3. The molecule has 3 rings (SSSR count). The summed E-state index contributed by atoms with van der Waals surface area (Å²) >= 11 is 0. The number of carbonyl (C=O) groups is 1. The molecule has 2 unspecified atom stereocenters. The Morgan fingerprint density at radius 2 is 1.96 bits per heavy atom. The van der Waals surface area contributed by atoms with E-state index in [-0.39, 0.29) is 35.2 Å². The molecule has 27 heavy (non-hydrogen) atoms. The lowest BCUT2D eigenvalue weighted by atomic mass is 10.1. The minimum Gasteiger partial charge on any atom is -0.351 e. The monoisotopic (exact) mass is 388 g/mol. The van der Waals surface area contributed by atoms with Gasteiger partial charge in [0, 0.05) is 12.6 Å². The fourth-order valence-corrected chi connectivity index (χ4v) is 5.05. The van der Waals surface area contributed by atoms with Crippen molar-refractivity contribution in [1.29, 1.82) is 0 Å². The van der Waals surface area contributed by atoms with E-state index in [4.69, 9.17) is 0 Å². The Hall–Kier alpha value is -2.48. The summed E-state index contributed by atoms with van der Waals surface area (Å²) in [5.74, 6) is 0.642. The van der Waals surface area contributed by atoms with Crippen molar-refractivity contribution in [3.05, 3.63) is 53.7 Å². The number of nitrogens with zero attached hydrogens (tertiary/aromatic N) is 3. The zero-order valence-electron chi connectivity index (χ0n) is 15.5. The molecule has 1 aromatic heterocycles. The molecular formula is C19H24N4O3S. The number of nitrogens with one attached hydrogen (secondary N) is 1. The van der Waals surface area contributed by atoms with Crippen LogP contribution >= 0.6 is 0 Å². The van der Waals surface area contributed by atoms with Crippen LogP contribution in [0.15, 0.2) is 42.5 Å². The predicted molar refractivity (Wildman–Crippen MR) is 104 cm³/mol. The highest BCUT2D eigenvalue weighted by Gasteiger charge is 2.32. The zero-order chi connectivity index (χ0) is 19.4. The Morgan fingerprint density at radius 1 is 1.22 bits per heavy atom. The predicted octanol–water partition coefficient (Wildman–Crippen LogP) is 1.98. The van der Waals surface area contributed by atoms with Gasteiger partial charge in [-0.05, 0) is 38.0 Å².